The third-order valence-corrected chi connectivity index (χ3v) is 5.17. The molecule has 11 heteroatoms. The minimum Gasteiger partial charge on any atom is -0.495 e. The van der Waals surface area contributed by atoms with Crippen LogP contribution in [0.4, 0.5) is 11.5 Å². The minimum absolute atomic E-state index is 0.0146. The van der Waals surface area contributed by atoms with Crippen molar-refractivity contribution in [2.45, 2.75) is 6.54 Å². The first-order valence-electron chi connectivity index (χ1n) is 10.1. The number of methoxy groups -OCH3 is 1. The van der Waals surface area contributed by atoms with Crippen LogP contribution in [0, 0.1) is 0 Å². The number of imidazole rings is 1. The molecule has 0 aliphatic heterocycles. The number of esters is 1. The quantitative estimate of drug-likeness (QED) is 0.420. The largest absolute Gasteiger partial charge is 0.495 e. The van der Waals surface area contributed by atoms with Crippen molar-refractivity contribution in [2.24, 2.45) is 14.1 Å². The number of pyridine rings is 1. The molecule has 0 fully saturated rings. The highest BCUT2D eigenvalue weighted by atomic mass is 16.5. The van der Waals surface area contributed by atoms with Crippen molar-refractivity contribution < 1.29 is 14.3 Å². The van der Waals surface area contributed by atoms with Crippen molar-refractivity contribution in [3.05, 3.63) is 75.3 Å². The van der Waals surface area contributed by atoms with Gasteiger partial charge in [-0.3, -0.25) is 13.9 Å². The van der Waals surface area contributed by atoms with E-state index in [2.05, 4.69) is 15.3 Å². The molecule has 0 radical (unpaired) electrons. The molecule has 3 heterocycles. The molecule has 33 heavy (non-hydrogen) atoms. The van der Waals surface area contributed by atoms with Crippen LogP contribution in [0.5, 0.6) is 5.75 Å². The van der Waals surface area contributed by atoms with Gasteiger partial charge in [0.25, 0.3) is 5.56 Å². The number of aryl methyl sites for hydroxylation is 1. The predicted octanol–water partition coefficient (Wildman–Crippen LogP) is 1.44. The number of carbonyl (C=O) groups excluding carboxylic acids is 1. The maximum Gasteiger partial charge on any atom is 0.341 e. The van der Waals surface area contributed by atoms with E-state index in [4.69, 9.17) is 9.47 Å². The van der Waals surface area contributed by atoms with Gasteiger partial charge in [0.2, 0.25) is 0 Å². The molecule has 0 unspecified atom stereocenters. The summed E-state index contributed by atoms with van der Waals surface area (Å²) in [7, 11) is 4.50. The number of rotatable bonds is 7. The highest BCUT2D eigenvalue weighted by molar-refractivity contribution is 5.95. The summed E-state index contributed by atoms with van der Waals surface area (Å²) >= 11 is 0. The van der Waals surface area contributed by atoms with E-state index in [0.717, 1.165) is 4.57 Å². The van der Waals surface area contributed by atoms with Gasteiger partial charge in [-0.05, 0) is 24.3 Å². The molecule has 4 aromatic rings. The Bertz CT molecular complexity index is 1450. The van der Waals surface area contributed by atoms with Crippen molar-refractivity contribution in [3.63, 3.8) is 0 Å². The second-order valence-electron chi connectivity index (χ2n) is 7.18. The van der Waals surface area contributed by atoms with E-state index < -0.39 is 17.2 Å². The fourth-order valence-corrected chi connectivity index (χ4v) is 3.43. The first kappa shape index (κ1) is 21.8. The average Bonchev–Trinajstić information content (AvgIpc) is 3.26. The number of hydrogen-bond donors (Lipinski definition) is 1. The van der Waals surface area contributed by atoms with Crippen LogP contribution in [0.3, 0.4) is 0 Å². The van der Waals surface area contributed by atoms with Gasteiger partial charge in [-0.2, -0.15) is 0 Å². The van der Waals surface area contributed by atoms with E-state index in [0.29, 0.717) is 17.3 Å². The van der Waals surface area contributed by atoms with Gasteiger partial charge >= 0.3 is 11.7 Å². The van der Waals surface area contributed by atoms with E-state index >= 15 is 0 Å². The topological polar surface area (TPSA) is 122 Å². The van der Waals surface area contributed by atoms with Gasteiger partial charge in [0.05, 0.1) is 25.7 Å². The molecule has 0 aliphatic carbocycles. The number of nitrogens with zero attached hydrogens (tertiary/aromatic N) is 5. The maximum atomic E-state index is 12.8. The van der Waals surface area contributed by atoms with Crippen molar-refractivity contribution in [3.8, 4) is 5.75 Å². The molecule has 0 aliphatic rings. The fourth-order valence-electron chi connectivity index (χ4n) is 3.43. The van der Waals surface area contributed by atoms with Crippen molar-refractivity contribution in [2.75, 3.05) is 19.0 Å². The molecule has 170 valence electrons. The minimum atomic E-state index is -0.578. The average molecular weight is 450 g/mol. The van der Waals surface area contributed by atoms with Crippen LogP contribution in [0.15, 0.2) is 58.5 Å². The van der Waals surface area contributed by atoms with Gasteiger partial charge < -0.3 is 19.4 Å². The van der Waals surface area contributed by atoms with Crippen LogP contribution in [0.1, 0.15) is 10.4 Å². The summed E-state index contributed by atoms with van der Waals surface area (Å²) < 4.78 is 14.6. The van der Waals surface area contributed by atoms with Crippen LogP contribution in [-0.2, 0) is 25.4 Å². The normalized spacial score (nSPS) is 10.9. The number of aromatic nitrogens is 5. The van der Waals surface area contributed by atoms with Crippen molar-refractivity contribution in [1.82, 2.24) is 23.7 Å². The molecular formula is C22H22N6O5. The van der Waals surface area contributed by atoms with Gasteiger partial charge in [-0.15, -0.1) is 0 Å². The SMILES string of the molecule is COc1ccccc1Nc1ncccc1C(=O)OCCn1cnc2c1c(=O)n(C)c(=O)n2C. The zero-order valence-electron chi connectivity index (χ0n) is 18.3. The first-order valence-corrected chi connectivity index (χ1v) is 10.1. The Morgan fingerprint density at radius 2 is 1.85 bits per heavy atom. The summed E-state index contributed by atoms with van der Waals surface area (Å²) in [6, 6.07) is 10.5. The van der Waals surface area contributed by atoms with Crippen molar-refractivity contribution >= 4 is 28.6 Å². The zero-order chi connectivity index (χ0) is 23.5. The first-order chi connectivity index (χ1) is 15.9. The Labute approximate surface area is 187 Å². The summed E-state index contributed by atoms with van der Waals surface area (Å²) in [5, 5.41) is 3.10. The monoisotopic (exact) mass is 450 g/mol. The third kappa shape index (κ3) is 4.07. The van der Waals surface area contributed by atoms with Gasteiger partial charge in [0, 0.05) is 20.3 Å². The Morgan fingerprint density at radius 3 is 2.64 bits per heavy atom. The molecule has 0 bridgehead atoms. The third-order valence-electron chi connectivity index (χ3n) is 5.17. The Morgan fingerprint density at radius 1 is 1.06 bits per heavy atom. The lowest BCUT2D eigenvalue weighted by atomic mass is 10.2. The lowest BCUT2D eigenvalue weighted by Crippen LogP contribution is -2.37. The lowest BCUT2D eigenvalue weighted by Gasteiger charge is -2.13. The molecule has 1 N–H and O–H groups in total. The molecule has 0 saturated carbocycles. The van der Waals surface area contributed by atoms with Gasteiger partial charge in [0.15, 0.2) is 11.2 Å². The predicted molar refractivity (Wildman–Crippen MR) is 121 cm³/mol. The van der Waals surface area contributed by atoms with Crippen LogP contribution in [0.25, 0.3) is 11.2 Å². The standard InChI is InChI=1S/C22H22N6O5/c1-26-19-17(20(29)27(2)22(26)31)28(13-24-19)11-12-33-21(30)14-7-6-10-23-18(14)25-15-8-4-5-9-16(15)32-3/h4-10,13H,11-12H2,1-3H3,(H,23,25). The number of para-hydroxylation sites is 2. The molecule has 0 spiro atoms. The molecule has 11 nitrogen and oxygen atoms in total. The van der Waals surface area contributed by atoms with Gasteiger partial charge in [0.1, 0.15) is 23.7 Å². The highest BCUT2D eigenvalue weighted by Crippen LogP contribution is 2.27. The van der Waals surface area contributed by atoms with E-state index in [1.54, 1.807) is 49.2 Å². The Balaban J connectivity index is 1.51. The van der Waals surface area contributed by atoms with Crippen molar-refractivity contribution in [1.29, 1.82) is 0 Å². The Hall–Kier alpha value is -4.41. The summed E-state index contributed by atoms with van der Waals surface area (Å²) in [5.41, 5.74) is 0.500. The number of carbonyl (C=O) groups is 1. The molecule has 0 atom stereocenters. The van der Waals surface area contributed by atoms with Crippen LogP contribution >= 0.6 is 0 Å². The second-order valence-corrected chi connectivity index (χ2v) is 7.18. The summed E-state index contributed by atoms with van der Waals surface area (Å²) in [6.07, 6.45) is 3.00. The summed E-state index contributed by atoms with van der Waals surface area (Å²) in [6.45, 7) is 0.171. The molecule has 4 rings (SSSR count). The molecule has 0 amide bonds. The van der Waals surface area contributed by atoms with Crippen LogP contribution in [0.2, 0.25) is 0 Å². The number of fused-ring (bicyclic) bond motifs is 1. The van der Waals surface area contributed by atoms with E-state index in [1.807, 2.05) is 12.1 Å². The smallest absolute Gasteiger partial charge is 0.341 e. The van der Waals surface area contributed by atoms with Crippen LogP contribution in [-0.4, -0.2) is 43.4 Å². The fraction of sp³-hybridized carbons (Fsp3) is 0.227. The van der Waals surface area contributed by atoms with E-state index in [1.165, 1.54) is 17.9 Å². The number of hydrogen-bond acceptors (Lipinski definition) is 8. The molecule has 3 aromatic heterocycles. The number of benzene rings is 1. The highest BCUT2D eigenvalue weighted by Gasteiger charge is 2.17. The number of nitrogens with one attached hydrogen (secondary N) is 1. The summed E-state index contributed by atoms with van der Waals surface area (Å²) in [5.74, 6) is 0.347. The number of anilines is 2. The van der Waals surface area contributed by atoms with E-state index in [9.17, 15) is 14.4 Å². The second kappa shape index (κ2) is 8.99. The molecule has 1 aromatic carbocycles. The lowest BCUT2D eigenvalue weighted by molar-refractivity contribution is 0.0493. The maximum absolute atomic E-state index is 12.8. The molecule has 0 saturated heterocycles. The Kier molecular flexibility index (Phi) is 5.94. The molecular weight excluding hydrogens is 428 g/mol. The zero-order valence-corrected chi connectivity index (χ0v) is 18.3. The van der Waals surface area contributed by atoms with Gasteiger partial charge in [-0.25, -0.2) is 19.6 Å². The van der Waals surface area contributed by atoms with Crippen LogP contribution < -0.4 is 21.3 Å². The number of ether oxygens (including phenoxy) is 2. The summed E-state index contributed by atoms with van der Waals surface area (Å²) in [4.78, 5) is 45.7. The van der Waals surface area contributed by atoms with E-state index in [-0.39, 0.29) is 29.9 Å². The van der Waals surface area contributed by atoms with Gasteiger partial charge in [-0.1, -0.05) is 12.1 Å².